The van der Waals surface area contributed by atoms with Crippen LogP contribution >= 0.6 is 0 Å². The van der Waals surface area contributed by atoms with Gasteiger partial charge in [0.05, 0.1) is 0 Å². The van der Waals surface area contributed by atoms with Crippen LogP contribution in [0.3, 0.4) is 0 Å². The van der Waals surface area contributed by atoms with E-state index in [-0.39, 0.29) is 5.25 Å². The standard InChI is InChI=1S/C18H28O3S.C14H16N2/c1-3-4-5-6-7-8-11-22(19)15(2)12-16-9-10-17-18(13-16)21-14-20-17;1-9-3-11(7-13(15)5-9)12-4-10(2)6-14(16)8-12/h9-10,13,15H,3-8,11-12,14H2,1-2H3;3-8H,15-16H2,1-2H3. The van der Waals surface area contributed by atoms with E-state index >= 15 is 0 Å². The highest BCUT2D eigenvalue weighted by molar-refractivity contribution is 7.85. The van der Waals surface area contributed by atoms with Gasteiger partial charge in [-0.1, -0.05) is 64.2 Å². The van der Waals surface area contributed by atoms with Gasteiger partial charge in [0, 0.05) is 33.2 Å². The molecule has 0 saturated heterocycles. The Morgan fingerprint density at radius 2 is 1.37 bits per heavy atom. The maximum Gasteiger partial charge on any atom is 0.231 e. The number of unbranched alkanes of at least 4 members (excludes halogenated alkanes) is 5. The van der Waals surface area contributed by atoms with Gasteiger partial charge in [0.15, 0.2) is 11.5 Å². The van der Waals surface area contributed by atoms with Crippen molar-refractivity contribution < 1.29 is 13.7 Å². The molecule has 0 aliphatic carbocycles. The van der Waals surface area contributed by atoms with E-state index in [9.17, 15) is 4.21 Å². The van der Waals surface area contributed by atoms with Gasteiger partial charge in [-0.2, -0.15) is 0 Å². The van der Waals surface area contributed by atoms with E-state index in [1.165, 1.54) is 37.7 Å². The Labute approximate surface area is 231 Å². The summed E-state index contributed by atoms with van der Waals surface area (Å²) in [7, 11) is -0.743. The fourth-order valence-corrected chi connectivity index (χ4v) is 5.95. The van der Waals surface area contributed by atoms with E-state index in [4.69, 9.17) is 20.9 Å². The molecule has 0 aromatic heterocycles. The molecule has 3 aromatic carbocycles. The van der Waals surface area contributed by atoms with Gasteiger partial charge in [-0.3, -0.25) is 4.21 Å². The highest BCUT2D eigenvalue weighted by atomic mass is 32.2. The van der Waals surface area contributed by atoms with Gasteiger partial charge in [0.1, 0.15) is 0 Å². The first-order chi connectivity index (χ1) is 18.2. The summed E-state index contributed by atoms with van der Waals surface area (Å²) in [6.45, 7) is 8.70. The van der Waals surface area contributed by atoms with Crippen LogP contribution in [0.5, 0.6) is 11.5 Å². The SMILES string of the molecule is CCCCCCCCS(=O)C(C)Cc1ccc2c(c1)OCO2.Cc1cc(N)cc(-c2cc(C)cc(N)c2)c1. The monoisotopic (exact) mass is 536 g/mol. The van der Waals surface area contributed by atoms with Crippen molar-refractivity contribution >= 4 is 22.2 Å². The van der Waals surface area contributed by atoms with Gasteiger partial charge in [-0.25, -0.2) is 0 Å². The van der Waals surface area contributed by atoms with Crippen molar-refractivity contribution in [2.24, 2.45) is 0 Å². The lowest BCUT2D eigenvalue weighted by Gasteiger charge is -2.12. The third-order valence-corrected chi connectivity index (χ3v) is 8.40. The van der Waals surface area contributed by atoms with Crippen LogP contribution in [-0.2, 0) is 17.2 Å². The summed E-state index contributed by atoms with van der Waals surface area (Å²) in [6, 6.07) is 18.1. The first kappa shape index (κ1) is 29.6. The molecule has 2 atom stereocenters. The van der Waals surface area contributed by atoms with Crippen LogP contribution in [-0.4, -0.2) is 22.0 Å². The molecule has 0 saturated carbocycles. The summed E-state index contributed by atoms with van der Waals surface area (Å²) in [6.07, 6.45) is 8.32. The second-order valence-corrected chi connectivity index (χ2v) is 12.3. The second-order valence-electron chi connectivity index (χ2n) is 10.3. The Kier molecular flexibility index (Phi) is 11.5. The number of hydrogen-bond donors (Lipinski definition) is 2. The van der Waals surface area contributed by atoms with Gasteiger partial charge in [0.2, 0.25) is 6.79 Å². The minimum Gasteiger partial charge on any atom is -0.454 e. The molecule has 2 unspecified atom stereocenters. The van der Waals surface area contributed by atoms with Crippen molar-refractivity contribution in [1.82, 2.24) is 0 Å². The van der Waals surface area contributed by atoms with E-state index < -0.39 is 10.8 Å². The molecular formula is C32H44N2O3S. The van der Waals surface area contributed by atoms with E-state index in [1.54, 1.807) is 0 Å². The fourth-order valence-electron chi connectivity index (χ4n) is 4.68. The van der Waals surface area contributed by atoms with Crippen molar-refractivity contribution in [3.63, 3.8) is 0 Å². The molecule has 0 spiro atoms. The normalized spacial score (nSPS) is 13.5. The Balaban J connectivity index is 0.000000221. The maximum absolute atomic E-state index is 12.3. The Morgan fingerprint density at radius 1 is 0.789 bits per heavy atom. The topological polar surface area (TPSA) is 87.6 Å². The van der Waals surface area contributed by atoms with Crippen molar-refractivity contribution in [3.8, 4) is 22.6 Å². The smallest absolute Gasteiger partial charge is 0.231 e. The number of anilines is 2. The number of benzene rings is 3. The van der Waals surface area contributed by atoms with Crippen molar-refractivity contribution in [2.45, 2.75) is 77.9 Å². The summed E-state index contributed by atoms with van der Waals surface area (Å²) in [5.41, 5.74) is 19.0. The molecule has 5 nitrogen and oxygen atoms in total. The minimum atomic E-state index is -0.743. The molecule has 3 aromatic rings. The van der Waals surface area contributed by atoms with Crippen molar-refractivity contribution in [3.05, 3.63) is 71.3 Å². The van der Waals surface area contributed by atoms with E-state index in [0.29, 0.717) is 6.79 Å². The summed E-state index contributed by atoms with van der Waals surface area (Å²) in [4.78, 5) is 0. The summed E-state index contributed by atoms with van der Waals surface area (Å²) >= 11 is 0. The van der Waals surface area contributed by atoms with E-state index in [0.717, 1.165) is 63.7 Å². The third-order valence-electron chi connectivity index (χ3n) is 6.64. The van der Waals surface area contributed by atoms with Gasteiger partial charge < -0.3 is 20.9 Å². The summed E-state index contributed by atoms with van der Waals surface area (Å²) < 4.78 is 23.0. The molecule has 4 rings (SSSR count). The highest BCUT2D eigenvalue weighted by Gasteiger charge is 2.16. The third kappa shape index (κ3) is 9.39. The van der Waals surface area contributed by atoms with Crippen LogP contribution in [0, 0.1) is 13.8 Å². The van der Waals surface area contributed by atoms with Crippen LogP contribution < -0.4 is 20.9 Å². The predicted molar refractivity (Wildman–Crippen MR) is 162 cm³/mol. The molecule has 0 amide bonds. The van der Waals surface area contributed by atoms with Crippen LogP contribution in [0.1, 0.15) is 69.1 Å². The lowest BCUT2D eigenvalue weighted by Crippen LogP contribution is -2.16. The Bertz CT molecular complexity index is 1120. The fraction of sp³-hybridized carbons (Fsp3) is 0.438. The molecule has 0 radical (unpaired) electrons. The number of aryl methyl sites for hydroxylation is 2. The quantitative estimate of drug-likeness (QED) is 0.195. The van der Waals surface area contributed by atoms with Crippen molar-refractivity contribution in [1.29, 1.82) is 0 Å². The van der Waals surface area contributed by atoms with E-state index in [1.807, 2.05) is 56.3 Å². The van der Waals surface area contributed by atoms with Gasteiger partial charge in [-0.05, 0) is 90.9 Å². The van der Waals surface area contributed by atoms with Crippen LogP contribution in [0.2, 0.25) is 0 Å². The number of hydrogen-bond acceptors (Lipinski definition) is 5. The second kappa shape index (κ2) is 14.8. The number of ether oxygens (including phenoxy) is 2. The molecule has 206 valence electrons. The number of rotatable bonds is 11. The van der Waals surface area contributed by atoms with Gasteiger partial charge in [-0.15, -0.1) is 0 Å². The molecule has 1 aliphatic rings. The molecule has 1 heterocycles. The average Bonchev–Trinajstić information content (AvgIpc) is 3.33. The lowest BCUT2D eigenvalue weighted by molar-refractivity contribution is 0.174. The number of nitrogens with two attached hydrogens (primary N) is 2. The Morgan fingerprint density at radius 3 is 1.97 bits per heavy atom. The predicted octanol–water partition coefficient (Wildman–Crippen LogP) is 7.59. The van der Waals surface area contributed by atoms with Crippen molar-refractivity contribution in [2.75, 3.05) is 24.0 Å². The first-order valence-corrected chi connectivity index (χ1v) is 15.1. The van der Waals surface area contributed by atoms with Crippen LogP contribution in [0.4, 0.5) is 11.4 Å². The number of fused-ring (bicyclic) bond motifs is 1. The molecule has 38 heavy (non-hydrogen) atoms. The molecule has 0 fully saturated rings. The number of nitrogen functional groups attached to an aromatic ring is 2. The zero-order valence-electron chi connectivity index (χ0n) is 23.4. The summed E-state index contributed by atoms with van der Waals surface area (Å²) in [5.74, 6) is 2.45. The molecule has 0 bridgehead atoms. The van der Waals surface area contributed by atoms with Crippen LogP contribution in [0.25, 0.3) is 11.1 Å². The minimum absolute atomic E-state index is 0.191. The zero-order valence-corrected chi connectivity index (χ0v) is 24.2. The molecule has 4 N–H and O–H groups in total. The largest absolute Gasteiger partial charge is 0.454 e. The van der Waals surface area contributed by atoms with Crippen LogP contribution in [0.15, 0.2) is 54.6 Å². The highest BCUT2D eigenvalue weighted by Crippen LogP contribution is 2.33. The maximum atomic E-state index is 12.3. The molecule has 1 aliphatic heterocycles. The first-order valence-electron chi connectivity index (χ1n) is 13.8. The molecule has 6 heteroatoms. The Hall–Kier alpha value is -2.99. The average molecular weight is 537 g/mol. The molecular weight excluding hydrogens is 492 g/mol. The zero-order chi connectivity index (χ0) is 27.5. The van der Waals surface area contributed by atoms with Gasteiger partial charge in [0.25, 0.3) is 0 Å². The van der Waals surface area contributed by atoms with Gasteiger partial charge >= 0.3 is 0 Å². The van der Waals surface area contributed by atoms with E-state index in [2.05, 4.69) is 26.0 Å². The summed E-state index contributed by atoms with van der Waals surface area (Å²) in [5, 5.41) is 0.191. The lowest BCUT2D eigenvalue weighted by atomic mass is 10.0.